The molecule has 0 aromatic heterocycles. The molecule has 1 aromatic carbocycles. The predicted molar refractivity (Wildman–Crippen MR) is 73.4 cm³/mol. The summed E-state index contributed by atoms with van der Waals surface area (Å²) < 4.78 is 11.5. The van der Waals surface area contributed by atoms with Crippen molar-refractivity contribution >= 4 is 5.69 Å². The smallest absolute Gasteiger partial charge is 0.311 e. The molecule has 20 heavy (non-hydrogen) atoms. The lowest BCUT2D eigenvalue weighted by Gasteiger charge is -2.36. The van der Waals surface area contributed by atoms with E-state index in [-0.39, 0.29) is 17.9 Å². The van der Waals surface area contributed by atoms with Gasteiger partial charge in [0.1, 0.15) is 11.9 Å². The first-order chi connectivity index (χ1) is 9.52. The highest BCUT2D eigenvalue weighted by atomic mass is 16.6. The summed E-state index contributed by atoms with van der Waals surface area (Å²) in [6.45, 7) is 3.59. The molecule has 1 aliphatic heterocycles. The maximum atomic E-state index is 11.1. The number of nitrogens with zero attached hydrogens (tertiary/aromatic N) is 2. The van der Waals surface area contributed by atoms with Crippen LogP contribution in [0.15, 0.2) is 12.1 Å². The standard InChI is InChI=1S/C14H18N2O4/c1-9-5-12(16(17)18)14(19-10-3-4-10)6-13(9)20-11-7-15(2)8-11/h5-6,10-11H,3-4,7-8H2,1-2H3. The Balaban J connectivity index is 1.83. The van der Waals surface area contributed by atoms with E-state index >= 15 is 0 Å². The molecule has 108 valence electrons. The van der Waals surface area contributed by atoms with Gasteiger partial charge in [0.2, 0.25) is 5.75 Å². The zero-order chi connectivity index (χ0) is 14.3. The second kappa shape index (κ2) is 4.94. The Hall–Kier alpha value is -1.82. The van der Waals surface area contributed by atoms with Crippen molar-refractivity contribution in [2.45, 2.75) is 32.0 Å². The van der Waals surface area contributed by atoms with Crippen molar-refractivity contribution in [3.8, 4) is 11.5 Å². The summed E-state index contributed by atoms with van der Waals surface area (Å²) in [5, 5.41) is 11.1. The van der Waals surface area contributed by atoms with Crippen molar-refractivity contribution in [1.82, 2.24) is 4.90 Å². The number of rotatable bonds is 5. The van der Waals surface area contributed by atoms with E-state index in [0.29, 0.717) is 11.5 Å². The molecule has 3 rings (SSSR count). The van der Waals surface area contributed by atoms with E-state index in [2.05, 4.69) is 4.90 Å². The van der Waals surface area contributed by atoms with Crippen molar-refractivity contribution in [2.75, 3.05) is 20.1 Å². The average Bonchev–Trinajstić information content (AvgIpc) is 3.14. The summed E-state index contributed by atoms with van der Waals surface area (Å²) in [6, 6.07) is 3.21. The number of likely N-dealkylation sites (tertiary alicyclic amines) is 1. The molecule has 1 aliphatic carbocycles. The summed E-state index contributed by atoms with van der Waals surface area (Å²) >= 11 is 0. The maximum absolute atomic E-state index is 11.1. The Kier molecular flexibility index (Phi) is 3.25. The zero-order valence-corrected chi connectivity index (χ0v) is 11.7. The van der Waals surface area contributed by atoms with Crippen LogP contribution in [0.4, 0.5) is 5.69 Å². The summed E-state index contributed by atoms with van der Waals surface area (Å²) in [6.07, 6.45) is 2.22. The number of aryl methyl sites for hydroxylation is 1. The fourth-order valence-corrected chi connectivity index (χ4v) is 2.28. The number of hydrogen-bond acceptors (Lipinski definition) is 5. The van der Waals surface area contributed by atoms with Gasteiger partial charge < -0.3 is 9.47 Å². The Labute approximate surface area is 117 Å². The third-order valence-electron chi connectivity index (χ3n) is 3.60. The number of nitro groups is 1. The van der Waals surface area contributed by atoms with Crippen LogP contribution in [0, 0.1) is 17.0 Å². The fourth-order valence-electron chi connectivity index (χ4n) is 2.28. The van der Waals surface area contributed by atoms with Gasteiger partial charge in [0.05, 0.1) is 11.0 Å². The monoisotopic (exact) mass is 278 g/mol. The maximum Gasteiger partial charge on any atom is 0.311 e. The molecule has 0 spiro atoms. The van der Waals surface area contributed by atoms with Crippen LogP contribution in [0.2, 0.25) is 0 Å². The van der Waals surface area contributed by atoms with E-state index in [4.69, 9.17) is 9.47 Å². The van der Waals surface area contributed by atoms with E-state index in [1.165, 1.54) is 6.07 Å². The number of hydrogen-bond donors (Lipinski definition) is 0. The molecule has 0 radical (unpaired) electrons. The van der Waals surface area contributed by atoms with E-state index < -0.39 is 4.92 Å². The zero-order valence-electron chi connectivity index (χ0n) is 11.7. The number of benzene rings is 1. The minimum absolute atomic E-state index is 0.0208. The second-order valence-corrected chi connectivity index (χ2v) is 5.62. The summed E-state index contributed by atoms with van der Waals surface area (Å²) in [5.41, 5.74) is 0.793. The van der Waals surface area contributed by atoms with Gasteiger partial charge in [0.15, 0.2) is 0 Å². The van der Waals surface area contributed by atoms with Crippen LogP contribution in [0.25, 0.3) is 0 Å². The van der Waals surface area contributed by atoms with E-state index in [1.807, 2.05) is 14.0 Å². The van der Waals surface area contributed by atoms with Gasteiger partial charge in [0, 0.05) is 25.2 Å². The molecule has 2 aliphatic rings. The van der Waals surface area contributed by atoms with Gasteiger partial charge in [-0.05, 0) is 32.4 Å². The Morgan fingerprint density at radius 2 is 1.85 bits per heavy atom. The third kappa shape index (κ3) is 2.70. The van der Waals surface area contributed by atoms with Gasteiger partial charge in [-0.2, -0.15) is 0 Å². The highest BCUT2D eigenvalue weighted by molar-refractivity contribution is 5.54. The van der Waals surface area contributed by atoms with E-state index in [9.17, 15) is 10.1 Å². The highest BCUT2D eigenvalue weighted by Crippen LogP contribution is 2.38. The van der Waals surface area contributed by atoms with Crippen molar-refractivity contribution < 1.29 is 14.4 Å². The van der Waals surface area contributed by atoms with Crippen molar-refractivity contribution in [3.05, 3.63) is 27.8 Å². The molecular formula is C14H18N2O4. The topological polar surface area (TPSA) is 64.8 Å². The fraction of sp³-hybridized carbons (Fsp3) is 0.571. The Bertz CT molecular complexity index is 536. The first kappa shape index (κ1) is 13.2. The summed E-state index contributed by atoms with van der Waals surface area (Å²) in [5.74, 6) is 1.01. The minimum Gasteiger partial charge on any atom is -0.487 e. The van der Waals surface area contributed by atoms with Crippen LogP contribution < -0.4 is 9.47 Å². The van der Waals surface area contributed by atoms with Gasteiger partial charge in [-0.15, -0.1) is 0 Å². The van der Waals surface area contributed by atoms with Gasteiger partial charge in [-0.25, -0.2) is 0 Å². The molecule has 6 nitrogen and oxygen atoms in total. The lowest BCUT2D eigenvalue weighted by Crippen LogP contribution is -2.51. The molecule has 0 atom stereocenters. The molecule has 1 aromatic rings. The van der Waals surface area contributed by atoms with Gasteiger partial charge in [-0.1, -0.05) is 0 Å². The van der Waals surface area contributed by atoms with Crippen LogP contribution >= 0.6 is 0 Å². The van der Waals surface area contributed by atoms with Crippen LogP contribution in [-0.2, 0) is 0 Å². The Morgan fingerprint density at radius 3 is 2.40 bits per heavy atom. The average molecular weight is 278 g/mol. The van der Waals surface area contributed by atoms with Crippen LogP contribution in [0.5, 0.6) is 11.5 Å². The predicted octanol–water partition coefficient (Wildman–Crippen LogP) is 2.14. The molecule has 1 saturated heterocycles. The summed E-state index contributed by atoms with van der Waals surface area (Å²) in [4.78, 5) is 12.9. The molecule has 1 saturated carbocycles. The van der Waals surface area contributed by atoms with Gasteiger partial charge >= 0.3 is 5.69 Å². The molecule has 0 amide bonds. The lowest BCUT2D eigenvalue weighted by atomic mass is 10.1. The van der Waals surface area contributed by atoms with Crippen molar-refractivity contribution in [2.24, 2.45) is 0 Å². The first-order valence-electron chi connectivity index (χ1n) is 6.84. The molecular weight excluding hydrogens is 260 g/mol. The largest absolute Gasteiger partial charge is 0.487 e. The van der Waals surface area contributed by atoms with E-state index in [0.717, 1.165) is 31.5 Å². The number of ether oxygens (including phenoxy) is 2. The molecule has 0 bridgehead atoms. The van der Waals surface area contributed by atoms with Crippen LogP contribution in [0.1, 0.15) is 18.4 Å². The second-order valence-electron chi connectivity index (χ2n) is 5.62. The molecule has 1 heterocycles. The Morgan fingerprint density at radius 1 is 1.20 bits per heavy atom. The van der Waals surface area contributed by atoms with Crippen LogP contribution in [-0.4, -0.2) is 42.2 Å². The minimum atomic E-state index is -0.397. The first-order valence-corrected chi connectivity index (χ1v) is 6.84. The third-order valence-corrected chi connectivity index (χ3v) is 3.60. The molecule has 0 N–H and O–H groups in total. The van der Waals surface area contributed by atoms with Gasteiger partial charge in [0.25, 0.3) is 0 Å². The van der Waals surface area contributed by atoms with Crippen molar-refractivity contribution in [1.29, 1.82) is 0 Å². The van der Waals surface area contributed by atoms with Gasteiger partial charge in [-0.3, -0.25) is 15.0 Å². The number of nitro benzene ring substituents is 1. The SMILES string of the molecule is Cc1cc([N+](=O)[O-])c(OC2CC2)cc1OC1CN(C)C1. The van der Waals surface area contributed by atoms with Crippen molar-refractivity contribution in [3.63, 3.8) is 0 Å². The highest BCUT2D eigenvalue weighted by Gasteiger charge is 2.30. The molecule has 0 unspecified atom stereocenters. The molecule has 2 fully saturated rings. The van der Waals surface area contributed by atoms with Crippen LogP contribution in [0.3, 0.4) is 0 Å². The van der Waals surface area contributed by atoms with E-state index in [1.54, 1.807) is 6.07 Å². The normalized spacial score (nSPS) is 19.5. The lowest BCUT2D eigenvalue weighted by molar-refractivity contribution is -0.386. The quantitative estimate of drug-likeness (QED) is 0.610. The molecule has 6 heteroatoms. The number of likely N-dealkylation sites (N-methyl/N-ethyl adjacent to an activating group) is 1. The summed E-state index contributed by atoms with van der Waals surface area (Å²) in [7, 11) is 2.03.